The van der Waals surface area contributed by atoms with Gasteiger partial charge in [0.05, 0.1) is 5.41 Å². The van der Waals surface area contributed by atoms with E-state index >= 15 is 0 Å². The molecule has 116 valence electrons. The summed E-state index contributed by atoms with van der Waals surface area (Å²) in [5.74, 6) is -0.685. The van der Waals surface area contributed by atoms with Crippen molar-refractivity contribution in [1.29, 1.82) is 0 Å². The Labute approximate surface area is 126 Å². The zero-order valence-electron chi connectivity index (χ0n) is 12.9. The normalized spacial score (nSPS) is 17.9. The van der Waals surface area contributed by atoms with Crippen molar-refractivity contribution >= 4 is 5.97 Å². The second-order valence-corrected chi connectivity index (χ2v) is 6.35. The summed E-state index contributed by atoms with van der Waals surface area (Å²) in [5, 5.41) is 20.0. The molecule has 4 nitrogen and oxygen atoms in total. The standard InChI is InChI=1S/C17H25NO3/c1-18(2)11-8-13-6-7-15(19)14(12-13)17(16(20)21)9-4-3-5-10-17/h6-7,12,19H,3-5,8-11H2,1-2H3,(H,20,21). The molecule has 0 aliphatic heterocycles. The molecule has 0 radical (unpaired) electrons. The molecule has 2 N–H and O–H groups in total. The first-order valence-electron chi connectivity index (χ1n) is 7.66. The van der Waals surface area contributed by atoms with Crippen LogP contribution in [0.1, 0.15) is 43.2 Å². The highest BCUT2D eigenvalue weighted by Gasteiger charge is 2.43. The number of phenolic OH excluding ortho intramolecular Hbond substituents is 1. The Bertz CT molecular complexity index is 505. The van der Waals surface area contributed by atoms with Crippen molar-refractivity contribution in [1.82, 2.24) is 4.90 Å². The molecule has 0 spiro atoms. The largest absolute Gasteiger partial charge is 0.508 e. The average molecular weight is 291 g/mol. The van der Waals surface area contributed by atoms with Crippen molar-refractivity contribution in [2.24, 2.45) is 0 Å². The Kier molecular flexibility index (Phi) is 4.88. The summed E-state index contributed by atoms with van der Waals surface area (Å²) in [4.78, 5) is 14.0. The SMILES string of the molecule is CN(C)CCc1ccc(O)c(C2(C(=O)O)CCCCC2)c1. The number of carboxylic acids is 1. The van der Waals surface area contributed by atoms with Crippen LogP contribution in [0.25, 0.3) is 0 Å². The van der Waals surface area contributed by atoms with Crippen LogP contribution < -0.4 is 0 Å². The number of rotatable bonds is 5. The quantitative estimate of drug-likeness (QED) is 0.875. The number of likely N-dealkylation sites (N-methyl/N-ethyl adjacent to an activating group) is 1. The molecular weight excluding hydrogens is 266 g/mol. The zero-order chi connectivity index (χ0) is 15.5. The van der Waals surface area contributed by atoms with Crippen LogP contribution in [-0.2, 0) is 16.6 Å². The van der Waals surface area contributed by atoms with Gasteiger partial charge in [0, 0.05) is 12.1 Å². The van der Waals surface area contributed by atoms with Gasteiger partial charge in [-0.2, -0.15) is 0 Å². The maximum Gasteiger partial charge on any atom is 0.314 e. The highest BCUT2D eigenvalue weighted by Crippen LogP contribution is 2.43. The smallest absolute Gasteiger partial charge is 0.314 e. The molecule has 0 bridgehead atoms. The number of aliphatic carboxylic acids is 1. The molecule has 1 aliphatic rings. The topological polar surface area (TPSA) is 60.8 Å². The number of carbonyl (C=O) groups is 1. The lowest BCUT2D eigenvalue weighted by atomic mass is 9.69. The molecule has 1 aromatic carbocycles. The van der Waals surface area contributed by atoms with E-state index in [-0.39, 0.29) is 5.75 Å². The van der Waals surface area contributed by atoms with Gasteiger partial charge in [-0.1, -0.05) is 31.4 Å². The molecule has 0 atom stereocenters. The highest BCUT2D eigenvalue weighted by molar-refractivity contribution is 5.82. The summed E-state index contributed by atoms with van der Waals surface area (Å²) in [6, 6.07) is 5.44. The molecule has 4 heteroatoms. The fraction of sp³-hybridized carbons (Fsp3) is 0.588. The maximum absolute atomic E-state index is 11.9. The molecule has 1 aliphatic carbocycles. The number of nitrogens with zero attached hydrogens (tertiary/aromatic N) is 1. The molecule has 1 aromatic rings. The molecule has 0 heterocycles. The van der Waals surface area contributed by atoms with E-state index in [2.05, 4.69) is 4.90 Å². The minimum absolute atomic E-state index is 0.118. The van der Waals surface area contributed by atoms with Crippen LogP contribution in [0.3, 0.4) is 0 Å². The van der Waals surface area contributed by atoms with Crippen LogP contribution >= 0.6 is 0 Å². The molecule has 1 fully saturated rings. The van der Waals surface area contributed by atoms with Gasteiger partial charge in [-0.15, -0.1) is 0 Å². The Morgan fingerprint density at radius 1 is 1.24 bits per heavy atom. The molecule has 2 rings (SSSR count). The summed E-state index contributed by atoms with van der Waals surface area (Å²) in [6.45, 7) is 0.907. The van der Waals surface area contributed by atoms with Crippen LogP contribution in [0.5, 0.6) is 5.75 Å². The van der Waals surface area contributed by atoms with E-state index in [4.69, 9.17) is 0 Å². The number of benzene rings is 1. The van der Waals surface area contributed by atoms with Crippen LogP contribution in [0, 0.1) is 0 Å². The molecule has 0 unspecified atom stereocenters. The van der Waals surface area contributed by atoms with Crippen molar-refractivity contribution < 1.29 is 15.0 Å². The molecule has 0 saturated heterocycles. The molecule has 0 amide bonds. The third-order valence-corrected chi connectivity index (χ3v) is 4.54. The number of hydrogen-bond donors (Lipinski definition) is 2. The summed E-state index contributed by atoms with van der Waals surface area (Å²) >= 11 is 0. The lowest BCUT2D eigenvalue weighted by Gasteiger charge is -2.34. The van der Waals surface area contributed by atoms with Crippen molar-refractivity contribution in [2.45, 2.75) is 43.9 Å². The first-order chi connectivity index (χ1) is 9.95. The lowest BCUT2D eigenvalue weighted by molar-refractivity contribution is -0.145. The van der Waals surface area contributed by atoms with Crippen LogP contribution in [-0.4, -0.2) is 41.7 Å². The Morgan fingerprint density at radius 2 is 1.90 bits per heavy atom. The number of hydrogen-bond acceptors (Lipinski definition) is 3. The van der Waals surface area contributed by atoms with Gasteiger partial charge < -0.3 is 15.1 Å². The van der Waals surface area contributed by atoms with Crippen molar-refractivity contribution in [3.05, 3.63) is 29.3 Å². The van der Waals surface area contributed by atoms with E-state index < -0.39 is 11.4 Å². The van der Waals surface area contributed by atoms with E-state index in [1.54, 1.807) is 6.07 Å². The van der Waals surface area contributed by atoms with Gasteiger partial charge >= 0.3 is 5.97 Å². The highest BCUT2D eigenvalue weighted by atomic mass is 16.4. The van der Waals surface area contributed by atoms with Gasteiger partial charge in [-0.05, 0) is 45.0 Å². The van der Waals surface area contributed by atoms with Gasteiger partial charge in [0.2, 0.25) is 0 Å². The van der Waals surface area contributed by atoms with E-state index in [0.717, 1.165) is 37.8 Å². The summed E-state index contributed by atoms with van der Waals surface area (Å²) in [7, 11) is 4.03. The molecular formula is C17H25NO3. The Hall–Kier alpha value is -1.55. The first kappa shape index (κ1) is 15.8. The van der Waals surface area contributed by atoms with Gasteiger partial charge in [0.15, 0.2) is 0 Å². The predicted octanol–water partition coefficient (Wildman–Crippen LogP) is 2.78. The first-order valence-corrected chi connectivity index (χ1v) is 7.66. The number of aromatic hydroxyl groups is 1. The fourth-order valence-corrected chi connectivity index (χ4v) is 3.23. The Balaban J connectivity index is 2.35. The van der Waals surface area contributed by atoms with Crippen LogP contribution in [0.4, 0.5) is 0 Å². The lowest BCUT2D eigenvalue weighted by Crippen LogP contribution is -2.38. The minimum atomic E-state index is -0.906. The average Bonchev–Trinajstić information content (AvgIpc) is 2.46. The third kappa shape index (κ3) is 3.38. The van der Waals surface area contributed by atoms with Crippen LogP contribution in [0.15, 0.2) is 18.2 Å². The van der Waals surface area contributed by atoms with Crippen molar-refractivity contribution in [3.8, 4) is 5.75 Å². The van der Waals surface area contributed by atoms with E-state index in [9.17, 15) is 15.0 Å². The van der Waals surface area contributed by atoms with Crippen molar-refractivity contribution in [3.63, 3.8) is 0 Å². The molecule has 0 aromatic heterocycles. The summed E-state index contributed by atoms with van der Waals surface area (Å²) in [6.07, 6.45) is 4.99. The number of phenols is 1. The van der Waals surface area contributed by atoms with Crippen LogP contribution in [0.2, 0.25) is 0 Å². The fourth-order valence-electron chi connectivity index (χ4n) is 3.23. The molecule has 21 heavy (non-hydrogen) atoms. The van der Waals surface area contributed by atoms with E-state index in [0.29, 0.717) is 18.4 Å². The Morgan fingerprint density at radius 3 is 2.48 bits per heavy atom. The predicted molar refractivity (Wildman–Crippen MR) is 82.8 cm³/mol. The van der Waals surface area contributed by atoms with Gasteiger partial charge in [-0.3, -0.25) is 4.79 Å². The number of carboxylic acid groups (broad SMARTS) is 1. The summed E-state index contributed by atoms with van der Waals surface area (Å²) in [5.41, 5.74) is 0.782. The minimum Gasteiger partial charge on any atom is -0.508 e. The van der Waals surface area contributed by atoms with Crippen molar-refractivity contribution in [2.75, 3.05) is 20.6 Å². The third-order valence-electron chi connectivity index (χ3n) is 4.54. The van der Waals surface area contributed by atoms with E-state index in [1.165, 1.54) is 0 Å². The second-order valence-electron chi connectivity index (χ2n) is 6.35. The zero-order valence-corrected chi connectivity index (χ0v) is 12.9. The van der Waals surface area contributed by atoms with E-state index in [1.807, 2.05) is 26.2 Å². The second kappa shape index (κ2) is 6.48. The monoisotopic (exact) mass is 291 g/mol. The maximum atomic E-state index is 11.9. The van der Waals surface area contributed by atoms with Gasteiger partial charge in [-0.25, -0.2) is 0 Å². The molecule has 1 saturated carbocycles. The summed E-state index contributed by atoms with van der Waals surface area (Å²) < 4.78 is 0. The van der Waals surface area contributed by atoms with Gasteiger partial charge in [0.1, 0.15) is 5.75 Å². The van der Waals surface area contributed by atoms with Gasteiger partial charge in [0.25, 0.3) is 0 Å².